The largest absolute Gasteiger partial charge is 0.469 e. The number of rotatable bonds is 4. The molecule has 0 amide bonds. The number of alkyl halides is 5. The Morgan fingerprint density at radius 2 is 1.86 bits per heavy atom. The summed E-state index contributed by atoms with van der Waals surface area (Å²) in [4.78, 5) is 9.99. The molecule has 0 rings (SSSR count). The molecule has 0 aromatic heterocycles. The van der Waals surface area contributed by atoms with Crippen LogP contribution in [0.5, 0.6) is 0 Å². The fraction of sp³-hybridized carbons (Fsp3) is 0.857. The highest BCUT2D eigenvalue weighted by molar-refractivity contribution is 6.68. The second kappa shape index (κ2) is 6.49. The topological polar surface area (TPSA) is 26.3 Å². The lowest BCUT2D eigenvalue weighted by Crippen LogP contribution is -2.26. The predicted molar refractivity (Wildman–Crippen MR) is 60.5 cm³/mol. The molecule has 0 N–H and O–H groups in total. The zero-order valence-electron chi connectivity index (χ0n) is 7.28. The molecular formula is C7H9Cl5O2. The number of esters is 1. The highest BCUT2D eigenvalue weighted by Gasteiger charge is 2.37. The molecule has 84 valence electrons. The molecule has 14 heavy (non-hydrogen) atoms. The summed E-state index contributed by atoms with van der Waals surface area (Å²) in [7, 11) is 1.28. The second-order valence-electron chi connectivity index (χ2n) is 2.60. The van der Waals surface area contributed by atoms with Gasteiger partial charge in [-0.05, 0) is 6.42 Å². The van der Waals surface area contributed by atoms with Gasteiger partial charge in [0.25, 0.3) is 0 Å². The van der Waals surface area contributed by atoms with Gasteiger partial charge in [0.15, 0.2) is 3.79 Å². The van der Waals surface area contributed by atoms with Crippen LogP contribution < -0.4 is 0 Å². The average Bonchev–Trinajstić information content (AvgIpc) is 2.01. The lowest BCUT2D eigenvalue weighted by atomic mass is 10.1. The lowest BCUT2D eigenvalue weighted by Gasteiger charge is -2.24. The van der Waals surface area contributed by atoms with Crippen molar-refractivity contribution in [2.75, 3.05) is 7.11 Å². The van der Waals surface area contributed by atoms with Gasteiger partial charge in [-0.1, -0.05) is 34.8 Å². The summed E-state index contributed by atoms with van der Waals surface area (Å²) >= 11 is 28.1. The Morgan fingerprint density at radius 3 is 2.14 bits per heavy atom. The maximum absolute atomic E-state index is 10.8. The first kappa shape index (κ1) is 14.9. The number of carbonyl (C=O) groups excluding carboxylic acids is 1. The zero-order valence-corrected chi connectivity index (χ0v) is 11.1. The van der Waals surface area contributed by atoms with Crippen molar-refractivity contribution in [3.8, 4) is 0 Å². The van der Waals surface area contributed by atoms with E-state index < -0.39 is 20.5 Å². The molecule has 0 aromatic carbocycles. The van der Waals surface area contributed by atoms with E-state index in [1.165, 1.54) is 7.11 Å². The molecule has 0 saturated heterocycles. The summed E-state index contributed by atoms with van der Waals surface area (Å²) in [6.45, 7) is 0. The van der Waals surface area contributed by atoms with Crippen molar-refractivity contribution in [2.24, 2.45) is 5.92 Å². The SMILES string of the molecule is COC(=O)CCC(C(Cl)Cl)C(Cl)(Cl)Cl. The summed E-state index contributed by atoms with van der Waals surface area (Å²) in [6.07, 6.45) is 0.381. The van der Waals surface area contributed by atoms with Gasteiger partial charge in [-0.3, -0.25) is 4.79 Å². The van der Waals surface area contributed by atoms with Crippen LogP contribution in [0.2, 0.25) is 0 Å². The molecule has 0 spiro atoms. The van der Waals surface area contributed by atoms with Gasteiger partial charge in [0.05, 0.1) is 7.11 Å². The molecule has 0 aromatic rings. The van der Waals surface area contributed by atoms with Gasteiger partial charge in [-0.15, -0.1) is 23.2 Å². The Kier molecular flexibility index (Phi) is 6.92. The van der Waals surface area contributed by atoms with Gasteiger partial charge >= 0.3 is 5.97 Å². The second-order valence-corrected chi connectivity index (χ2v) is 6.13. The zero-order chi connectivity index (χ0) is 11.4. The highest BCUT2D eigenvalue weighted by Crippen LogP contribution is 2.42. The molecule has 1 unspecified atom stereocenters. The average molecular weight is 302 g/mol. The van der Waals surface area contributed by atoms with Crippen molar-refractivity contribution < 1.29 is 9.53 Å². The fourth-order valence-electron chi connectivity index (χ4n) is 0.808. The van der Waals surface area contributed by atoms with Crippen molar-refractivity contribution in [3.05, 3.63) is 0 Å². The number of ether oxygens (including phenoxy) is 1. The van der Waals surface area contributed by atoms with E-state index in [1.807, 2.05) is 0 Å². The molecule has 0 radical (unpaired) electrons. The minimum Gasteiger partial charge on any atom is -0.469 e. The Balaban J connectivity index is 4.19. The standard InChI is InChI=1S/C7H9Cl5O2/c1-14-5(13)3-2-4(6(8)9)7(10,11)12/h4,6H,2-3H2,1H3. The maximum atomic E-state index is 10.8. The number of halogens is 5. The predicted octanol–water partition coefficient (Wildman–Crippen LogP) is 3.73. The summed E-state index contributed by atoms with van der Waals surface area (Å²) < 4.78 is 2.86. The van der Waals surface area contributed by atoms with Gasteiger partial charge in [0, 0.05) is 12.3 Å². The van der Waals surface area contributed by atoms with Crippen molar-refractivity contribution in [3.63, 3.8) is 0 Å². The summed E-state index contributed by atoms with van der Waals surface area (Å²) in [5.41, 5.74) is 0. The molecule has 0 heterocycles. The monoisotopic (exact) mass is 300 g/mol. The van der Waals surface area contributed by atoms with Crippen LogP contribution in [0.3, 0.4) is 0 Å². The van der Waals surface area contributed by atoms with E-state index in [0.717, 1.165) is 0 Å². The van der Waals surface area contributed by atoms with Crippen LogP contribution in [-0.2, 0) is 9.53 Å². The van der Waals surface area contributed by atoms with Crippen LogP contribution >= 0.6 is 58.0 Å². The third-order valence-corrected chi connectivity index (χ3v) is 3.06. The Morgan fingerprint density at radius 1 is 1.36 bits per heavy atom. The van der Waals surface area contributed by atoms with Crippen LogP contribution in [-0.4, -0.2) is 21.7 Å². The Bertz CT molecular complexity index is 189. The van der Waals surface area contributed by atoms with E-state index in [0.29, 0.717) is 0 Å². The molecule has 7 heteroatoms. The van der Waals surface area contributed by atoms with Gasteiger partial charge in [-0.2, -0.15) is 0 Å². The highest BCUT2D eigenvalue weighted by atomic mass is 35.6. The Labute approximate surface area is 108 Å². The molecule has 0 fully saturated rings. The van der Waals surface area contributed by atoms with Gasteiger partial charge in [-0.25, -0.2) is 0 Å². The quantitative estimate of drug-likeness (QED) is 0.584. The molecule has 1 atom stereocenters. The van der Waals surface area contributed by atoms with Crippen LogP contribution in [0.1, 0.15) is 12.8 Å². The third kappa shape index (κ3) is 5.72. The van der Waals surface area contributed by atoms with E-state index in [2.05, 4.69) is 4.74 Å². The van der Waals surface area contributed by atoms with E-state index >= 15 is 0 Å². The number of methoxy groups -OCH3 is 1. The fourth-order valence-corrected chi connectivity index (χ4v) is 2.53. The first-order chi connectivity index (χ1) is 6.29. The number of carbonyl (C=O) groups is 1. The maximum Gasteiger partial charge on any atom is 0.305 e. The summed E-state index contributed by atoms with van der Waals surface area (Å²) in [5, 5.41) is 0. The van der Waals surface area contributed by atoms with E-state index in [1.54, 1.807) is 0 Å². The van der Waals surface area contributed by atoms with E-state index in [-0.39, 0.29) is 12.8 Å². The van der Waals surface area contributed by atoms with Crippen LogP contribution in [0, 0.1) is 5.92 Å². The van der Waals surface area contributed by atoms with Crippen molar-refractivity contribution in [2.45, 2.75) is 21.5 Å². The Hall–Kier alpha value is 0.920. The lowest BCUT2D eigenvalue weighted by molar-refractivity contribution is -0.140. The molecule has 0 saturated carbocycles. The van der Waals surface area contributed by atoms with Crippen molar-refractivity contribution >= 4 is 64.0 Å². The minimum absolute atomic E-state index is 0.116. The van der Waals surface area contributed by atoms with E-state index in [4.69, 9.17) is 58.0 Å². The third-order valence-electron chi connectivity index (χ3n) is 1.61. The number of hydrogen-bond donors (Lipinski definition) is 0. The normalized spacial score (nSPS) is 14.2. The van der Waals surface area contributed by atoms with Crippen molar-refractivity contribution in [1.29, 1.82) is 0 Å². The van der Waals surface area contributed by atoms with Crippen molar-refractivity contribution in [1.82, 2.24) is 0 Å². The van der Waals surface area contributed by atoms with Crippen LogP contribution in [0.25, 0.3) is 0 Å². The minimum atomic E-state index is -1.58. The van der Waals surface area contributed by atoms with Gasteiger partial charge in [0.1, 0.15) is 4.84 Å². The molecule has 2 nitrogen and oxygen atoms in total. The molecule has 0 aliphatic heterocycles. The smallest absolute Gasteiger partial charge is 0.305 e. The van der Waals surface area contributed by atoms with Gasteiger partial charge < -0.3 is 4.74 Å². The van der Waals surface area contributed by atoms with E-state index in [9.17, 15) is 4.79 Å². The first-order valence-electron chi connectivity index (χ1n) is 3.70. The molecule has 0 aliphatic rings. The van der Waals surface area contributed by atoms with Crippen LogP contribution in [0.15, 0.2) is 0 Å². The summed E-state index contributed by atoms with van der Waals surface area (Å²) in [5.74, 6) is -0.992. The van der Waals surface area contributed by atoms with Gasteiger partial charge in [0.2, 0.25) is 0 Å². The molecule has 0 bridgehead atoms. The molecule has 0 aliphatic carbocycles. The van der Waals surface area contributed by atoms with Crippen LogP contribution in [0.4, 0.5) is 0 Å². The first-order valence-corrected chi connectivity index (χ1v) is 5.71. The number of hydrogen-bond acceptors (Lipinski definition) is 2. The summed E-state index contributed by atoms with van der Waals surface area (Å²) in [6, 6.07) is 0. The molecular weight excluding hydrogens is 293 g/mol.